The highest BCUT2D eigenvalue weighted by Gasteiger charge is 2.20. The van der Waals surface area contributed by atoms with Gasteiger partial charge in [-0.15, -0.1) is 5.10 Å². The van der Waals surface area contributed by atoms with Crippen molar-refractivity contribution in [3.63, 3.8) is 0 Å². The van der Waals surface area contributed by atoms with E-state index in [2.05, 4.69) is 21.8 Å². The second kappa shape index (κ2) is 6.67. The smallest absolute Gasteiger partial charge is 0.122 e. The molecular formula is C14H19N3O2S. The van der Waals surface area contributed by atoms with Gasteiger partial charge in [0, 0.05) is 6.07 Å². The number of nitrogens with zero attached hydrogens (tertiary/aromatic N) is 2. The monoisotopic (exact) mass is 293 g/mol. The zero-order chi connectivity index (χ0) is 14.5. The maximum absolute atomic E-state index is 5.34. The van der Waals surface area contributed by atoms with Crippen molar-refractivity contribution in [2.45, 2.75) is 19.9 Å². The Balaban J connectivity index is 2.46. The van der Waals surface area contributed by atoms with E-state index < -0.39 is 0 Å². The fraction of sp³-hybridized carbons (Fsp3) is 0.429. The third-order valence-electron chi connectivity index (χ3n) is 3.06. The van der Waals surface area contributed by atoms with Crippen molar-refractivity contribution in [3.8, 4) is 11.5 Å². The number of hydrogen-bond donors (Lipinski definition) is 1. The predicted molar refractivity (Wildman–Crippen MR) is 79.7 cm³/mol. The average Bonchev–Trinajstić information content (AvgIpc) is 2.90. The van der Waals surface area contributed by atoms with Crippen LogP contribution in [0.25, 0.3) is 0 Å². The summed E-state index contributed by atoms with van der Waals surface area (Å²) >= 11 is 1.41. The van der Waals surface area contributed by atoms with Crippen molar-refractivity contribution in [3.05, 3.63) is 34.3 Å². The number of ether oxygens (including phenoxy) is 2. The Bertz CT molecular complexity index is 549. The standard InChI is InChI=1S/C14H19N3O2S/c1-5-15-13(14-9(2)16-17-20-14)10-6-11(18-3)8-12(7-10)19-4/h6-8,13,15H,5H2,1-4H3. The van der Waals surface area contributed by atoms with Crippen LogP contribution in [0.2, 0.25) is 0 Å². The van der Waals surface area contributed by atoms with Gasteiger partial charge in [0.25, 0.3) is 0 Å². The molecular weight excluding hydrogens is 274 g/mol. The molecule has 1 aromatic heterocycles. The van der Waals surface area contributed by atoms with E-state index >= 15 is 0 Å². The van der Waals surface area contributed by atoms with E-state index in [0.717, 1.165) is 34.2 Å². The molecule has 2 rings (SSSR count). The van der Waals surface area contributed by atoms with E-state index in [1.165, 1.54) is 11.5 Å². The zero-order valence-corrected chi connectivity index (χ0v) is 13.0. The van der Waals surface area contributed by atoms with Gasteiger partial charge in [0.1, 0.15) is 11.5 Å². The van der Waals surface area contributed by atoms with Gasteiger partial charge in [-0.1, -0.05) is 11.4 Å². The van der Waals surface area contributed by atoms with Crippen LogP contribution in [0.4, 0.5) is 0 Å². The van der Waals surface area contributed by atoms with Crippen LogP contribution in [0.5, 0.6) is 11.5 Å². The highest BCUT2D eigenvalue weighted by atomic mass is 32.1. The van der Waals surface area contributed by atoms with Crippen LogP contribution in [0, 0.1) is 6.92 Å². The molecule has 20 heavy (non-hydrogen) atoms. The van der Waals surface area contributed by atoms with Crippen LogP contribution in [-0.2, 0) is 0 Å². The van der Waals surface area contributed by atoms with Crippen LogP contribution in [-0.4, -0.2) is 30.4 Å². The number of aryl methyl sites for hydroxylation is 1. The maximum atomic E-state index is 5.34. The molecule has 0 aliphatic heterocycles. The van der Waals surface area contributed by atoms with E-state index in [9.17, 15) is 0 Å². The molecule has 0 spiro atoms. The number of rotatable bonds is 6. The van der Waals surface area contributed by atoms with Crippen LogP contribution in [0.3, 0.4) is 0 Å². The van der Waals surface area contributed by atoms with Crippen molar-refractivity contribution in [2.24, 2.45) is 0 Å². The van der Waals surface area contributed by atoms with Crippen LogP contribution < -0.4 is 14.8 Å². The summed E-state index contributed by atoms with van der Waals surface area (Å²) in [5, 5.41) is 7.56. The summed E-state index contributed by atoms with van der Waals surface area (Å²) in [6, 6.07) is 5.93. The van der Waals surface area contributed by atoms with Crippen LogP contribution in [0.15, 0.2) is 18.2 Å². The molecule has 1 N–H and O–H groups in total. The van der Waals surface area contributed by atoms with Gasteiger partial charge in [0.15, 0.2) is 0 Å². The molecule has 1 heterocycles. The number of benzene rings is 1. The minimum absolute atomic E-state index is 0.0454. The van der Waals surface area contributed by atoms with E-state index in [1.54, 1.807) is 14.2 Å². The molecule has 1 atom stereocenters. The normalized spacial score (nSPS) is 12.2. The lowest BCUT2D eigenvalue weighted by atomic mass is 10.0. The van der Waals surface area contributed by atoms with Gasteiger partial charge in [-0.3, -0.25) is 0 Å². The summed E-state index contributed by atoms with van der Waals surface area (Å²) < 4.78 is 14.7. The van der Waals surface area contributed by atoms with Crippen molar-refractivity contribution in [1.29, 1.82) is 0 Å². The first-order valence-corrected chi connectivity index (χ1v) is 7.22. The molecule has 0 saturated heterocycles. The molecule has 0 fully saturated rings. The lowest BCUT2D eigenvalue weighted by Crippen LogP contribution is -2.22. The second-order valence-electron chi connectivity index (χ2n) is 4.36. The summed E-state index contributed by atoms with van der Waals surface area (Å²) in [4.78, 5) is 1.11. The highest BCUT2D eigenvalue weighted by molar-refractivity contribution is 7.05. The van der Waals surface area contributed by atoms with Crippen molar-refractivity contribution in [2.75, 3.05) is 20.8 Å². The summed E-state index contributed by atoms with van der Waals surface area (Å²) in [5.74, 6) is 1.55. The average molecular weight is 293 g/mol. The SMILES string of the molecule is CCNC(c1cc(OC)cc(OC)c1)c1snnc1C. The lowest BCUT2D eigenvalue weighted by molar-refractivity contribution is 0.392. The third kappa shape index (κ3) is 3.08. The molecule has 108 valence electrons. The predicted octanol–water partition coefficient (Wildman–Crippen LogP) is 2.56. The molecule has 5 nitrogen and oxygen atoms in total. The fourth-order valence-electron chi connectivity index (χ4n) is 2.06. The van der Waals surface area contributed by atoms with E-state index in [-0.39, 0.29) is 6.04 Å². The summed E-state index contributed by atoms with van der Waals surface area (Å²) in [6.45, 7) is 4.90. The molecule has 0 aliphatic rings. The first kappa shape index (κ1) is 14.7. The first-order chi connectivity index (χ1) is 9.69. The van der Waals surface area contributed by atoms with Crippen molar-refractivity contribution >= 4 is 11.5 Å². The van der Waals surface area contributed by atoms with Gasteiger partial charge in [-0.25, -0.2) is 0 Å². The second-order valence-corrected chi connectivity index (χ2v) is 5.14. The number of hydrogen-bond acceptors (Lipinski definition) is 6. The summed E-state index contributed by atoms with van der Waals surface area (Å²) in [7, 11) is 3.31. The van der Waals surface area contributed by atoms with Crippen molar-refractivity contribution in [1.82, 2.24) is 14.9 Å². The Morgan fingerprint density at radius 3 is 2.30 bits per heavy atom. The Kier molecular flexibility index (Phi) is 4.92. The minimum Gasteiger partial charge on any atom is -0.497 e. The third-order valence-corrected chi connectivity index (χ3v) is 3.96. The van der Waals surface area contributed by atoms with Gasteiger partial charge >= 0.3 is 0 Å². The molecule has 1 aromatic carbocycles. The van der Waals surface area contributed by atoms with Gasteiger partial charge in [0.2, 0.25) is 0 Å². The van der Waals surface area contributed by atoms with Crippen LogP contribution >= 0.6 is 11.5 Å². The fourth-order valence-corrected chi connectivity index (χ4v) is 2.81. The van der Waals surface area contributed by atoms with Crippen LogP contribution in [0.1, 0.15) is 29.1 Å². The van der Waals surface area contributed by atoms with E-state index in [1.807, 2.05) is 25.1 Å². The quantitative estimate of drug-likeness (QED) is 0.887. The largest absolute Gasteiger partial charge is 0.497 e. The van der Waals surface area contributed by atoms with Gasteiger partial charge in [-0.2, -0.15) is 0 Å². The zero-order valence-electron chi connectivity index (χ0n) is 12.1. The maximum Gasteiger partial charge on any atom is 0.122 e. The number of nitrogens with one attached hydrogen (secondary N) is 1. The Hall–Kier alpha value is -1.66. The molecule has 0 bridgehead atoms. The van der Waals surface area contributed by atoms with Crippen molar-refractivity contribution < 1.29 is 9.47 Å². The molecule has 0 saturated carbocycles. The summed E-state index contributed by atoms with van der Waals surface area (Å²) in [6.07, 6.45) is 0. The van der Waals surface area contributed by atoms with Gasteiger partial charge in [0.05, 0.1) is 30.8 Å². The molecule has 0 aliphatic carbocycles. The van der Waals surface area contributed by atoms with E-state index in [4.69, 9.17) is 9.47 Å². The number of methoxy groups -OCH3 is 2. The Morgan fingerprint density at radius 2 is 1.85 bits per heavy atom. The first-order valence-electron chi connectivity index (χ1n) is 6.44. The lowest BCUT2D eigenvalue weighted by Gasteiger charge is -2.18. The molecule has 0 amide bonds. The molecule has 2 aromatic rings. The van der Waals surface area contributed by atoms with Gasteiger partial charge in [-0.05, 0) is 42.7 Å². The minimum atomic E-state index is 0.0454. The van der Waals surface area contributed by atoms with Gasteiger partial charge < -0.3 is 14.8 Å². The molecule has 6 heteroatoms. The highest BCUT2D eigenvalue weighted by Crippen LogP contribution is 2.32. The molecule has 1 unspecified atom stereocenters. The topological polar surface area (TPSA) is 56.3 Å². The number of aromatic nitrogens is 2. The Labute approximate surface area is 123 Å². The summed E-state index contributed by atoms with van der Waals surface area (Å²) in [5.41, 5.74) is 2.03. The Morgan fingerprint density at radius 1 is 1.20 bits per heavy atom. The van der Waals surface area contributed by atoms with E-state index in [0.29, 0.717) is 0 Å². The molecule has 0 radical (unpaired) electrons.